The maximum atomic E-state index is 13.1. The number of carbonyl (C=O) groups excluding carboxylic acids is 12. The van der Waals surface area contributed by atoms with E-state index in [2.05, 4.69) is 147 Å². The van der Waals surface area contributed by atoms with Crippen LogP contribution >= 0.6 is 82.8 Å². The Labute approximate surface area is 950 Å². The number of benzene rings is 15. The van der Waals surface area contributed by atoms with Gasteiger partial charge in [0, 0.05) is 150 Å². The standard InChI is InChI=1S/C27H14BrN2O4.C25H8BrO6.C24H8O6.C20H43N.C8H4S2.C3H6.4CH4.6CH3.Br2.2Sn.2Y/c1-10-8-15-21-16(27(34)30(3)26(15)33)9-17(28)22-12-5-7-14-20-13(24(31)29(2)25(14)32)6-4-11(19(12)20)18(10)23(21)22;1-8-6-13-19-14(25(30)32-24(13)29)7-15(26)20-10-3-5-12-18-11(22(27)31-23(12)28)4-2-9(17(10)18)16(8)21(19)20;25-21-13-5-1-9-10-2-6-15-20-16(24(28)30-23(15)27)8-4-12(18(10)20)11-3-7-14(22(26)29-21)19(13)17(9)11;1-3-5-7-9-11-12-14-16-18-20(19-21)17-15-13-10-8-6-4-2;1-3-7(9-5-1)8-4-2-6-10-8;1-3-2;;;;;;;;;;;1-2;;;;/h5-9H,1-3H3;3-7H,1H3;1-8H;20H,3-19,21H2,1-2H3;1-4H;3H,1H2,2H3;4*1H4;6*1H3;;;;;/q2*-1;;;;;;;;;;;;;;;;;;;. The molecule has 1 atom stereocenters. The van der Waals surface area contributed by atoms with E-state index in [1.807, 2.05) is 79.8 Å². The molecule has 4 amide bonds. The summed E-state index contributed by atoms with van der Waals surface area (Å²) >= 11 is 13.2. The molecule has 17 aromatic rings. The molecule has 0 saturated carbocycles. The first-order chi connectivity index (χ1) is 67.1. The molecule has 15 aromatic carbocycles. The SMILES string of the molecule is BrBr.C.C.C.C.C=CC.CCCCCCCCCCC(CN)CCCCCCCC.Cc1cc2c3c(cc(Br)c4c5ccc6c7c(c[c-]c(c1c34)c75)C(=O)N(C)C6=O)C(=O)N(C)C2=O.Cc1cc2c3c(cc(Br)c4c5ccc6c7c(c[c-]c(c1c34)c75)C(=O)OC6=O)C(=O)OC2=O.O=C1OC(=O)c2ccc3c4ccc5c6c(ccc(c7ccc1c2c73)c64)C(=O)OC5=O.[CH3][Sn]([CH3])([CH3])[c]1ccc(-c2cc[c]([Sn]([CH3])([CH3])[CH3])s2)s1.[Y].[Y]. The van der Waals surface area contributed by atoms with E-state index < -0.39 is 84.5 Å². The average molecular weight is 2620 g/mol. The number of aryl methyl sites for hydroxylation is 2. The molecule has 8 heterocycles. The van der Waals surface area contributed by atoms with Gasteiger partial charge in [-0.05, 0) is 159 Å². The zero-order chi connectivity index (χ0) is 100. The second-order valence-corrected chi connectivity index (χ2v) is 73.3. The van der Waals surface area contributed by atoms with Crippen molar-refractivity contribution in [3.8, 4) is 9.75 Å². The smallest absolute Gasteiger partial charge is 0 e. The van der Waals surface area contributed by atoms with Crippen LogP contribution in [0.4, 0.5) is 0 Å². The van der Waals surface area contributed by atoms with E-state index in [0.29, 0.717) is 113 Å². The molecule has 752 valence electrons. The molecule has 0 spiro atoms. The molecule has 0 saturated heterocycles. The van der Waals surface area contributed by atoms with Crippen LogP contribution in [-0.4, -0.2) is 139 Å². The normalized spacial score (nSPS) is 13.8. The van der Waals surface area contributed by atoms with Gasteiger partial charge in [0.25, 0.3) is 17.7 Å². The number of nitrogens with zero attached hydrogens (tertiary/aromatic N) is 2. The van der Waals surface area contributed by atoms with Crippen LogP contribution in [0.3, 0.4) is 0 Å². The van der Waals surface area contributed by atoms with E-state index in [-0.39, 0.29) is 124 Å². The molecule has 0 fully saturated rings. The minimum absolute atomic E-state index is 0. The number of imide groups is 2. The summed E-state index contributed by atoms with van der Waals surface area (Å²) in [5.74, 6) is -6.02. The summed E-state index contributed by atoms with van der Waals surface area (Å²) in [6, 6.07) is 47.1. The van der Waals surface area contributed by atoms with Crippen LogP contribution in [0.1, 0.15) is 289 Å². The van der Waals surface area contributed by atoms with Gasteiger partial charge in [0.15, 0.2) is 0 Å². The van der Waals surface area contributed by atoms with E-state index >= 15 is 0 Å². The van der Waals surface area contributed by atoms with E-state index in [0.717, 1.165) is 120 Å². The first-order valence-corrected chi connectivity index (χ1v) is 74.2. The number of halogens is 4. The van der Waals surface area contributed by atoms with Crippen molar-refractivity contribution in [3.63, 3.8) is 0 Å². The number of unbranched alkanes of at least 4 members (excludes halogenated alkanes) is 12. The fourth-order valence-corrected chi connectivity index (χ4v) is 34.8. The molecule has 0 bridgehead atoms. The minimum atomic E-state index is -1.86. The largest absolute Gasteiger partial charge is 0 e. The Kier molecular flexibility index (Phi) is 39.0. The van der Waals surface area contributed by atoms with Crippen molar-refractivity contribution >= 4 is 326 Å². The van der Waals surface area contributed by atoms with Crippen LogP contribution < -0.4 is 11.5 Å². The van der Waals surface area contributed by atoms with Crippen LogP contribution in [0.2, 0.25) is 29.6 Å². The van der Waals surface area contributed by atoms with Crippen molar-refractivity contribution in [2.45, 2.75) is 197 Å². The third-order valence-electron chi connectivity index (χ3n) is 27.6. The number of fused-ring (bicyclic) bond motifs is 6. The molecule has 1 unspecified atom stereocenters. The van der Waals surface area contributed by atoms with E-state index in [4.69, 9.17) is 24.7 Å². The first-order valence-electron chi connectivity index (χ1n) is 47.2. The first kappa shape index (κ1) is 118. The molecule has 23 rings (SSSR count). The predicted molar refractivity (Wildman–Crippen MR) is 609 cm³/mol. The maximum Gasteiger partial charge on any atom is 0 e. The van der Waals surface area contributed by atoms with Crippen LogP contribution in [0.5, 0.6) is 0 Å². The third-order valence-corrected chi connectivity index (χ3v) is 50.2. The molecular weight excluding hydrogens is 2500 g/mol. The fraction of sp³-hybridized carbons (Fsp3) is 0.299. The summed E-state index contributed by atoms with van der Waals surface area (Å²) in [4.78, 5) is 171. The predicted octanol–water partition coefficient (Wildman–Crippen LogP) is 31.5. The number of nitrogens with two attached hydrogens (primary N) is 1. The van der Waals surface area contributed by atoms with Crippen molar-refractivity contribution < 1.29 is 142 Å². The number of thiophene rings is 2. The summed E-state index contributed by atoms with van der Waals surface area (Å²) in [6.45, 7) is 14.5. The van der Waals surface area contributed by atoms with Gasteiger partial charge >= 0.3 is 177 Å². The molecule has 19 nitrogen and oxygen atoms in total. The zero-order valence-electron chi connectivity index (χ0n) is 81.1. The van der Waals surface area contributed by atoms with Gasteiger partial charge in [0.1, 0.15) is 0 Å². The average Bonchev–Trinajstić information content (AvgIpc) is 0.789. The Morgan fingerprint density at radius 3 is 0.986 bits per heavy atom. The molecule has 2 radical (unpaired) electrons. The quantitative estimate of drug-likeness (QED) is 0.00709. The van der Waals surface area contributed by atoms with Crippen LogP contribution in [0, 0.1) is 31.9 Å². The Morgan fingerprint density at radius 1 is 0.349 bits per heavy atom. The monoisotopic (exact) mass is 2620 g/mol. The van der Waals surface area contributed by atoms with E-state index in [1.54, 1.807) is 78.6 Å². The van der Waals surface area contributed by atoms with Gasteiger partial charge in [0.2, 0.25) is 5.91 Å². The Bertz CT molecular complexity index is 7660. The van der Waals surface area contributed by atoms with Crippen molar-refractivity contribution in [2.24, 2.45) is 11.7 Å². The van der Waals surface area contributed by atoms with E-state index in [9.17, 15) is 57.5 Å². The molecule has 2 N–H and O–H groups in total. The number of amides is 4. The van der Waals surface area contributed by atoms with Gasteiger partial charge in [-0.15, -0.1) is 41.6 Å². The number of cyclic esters (lactones) is 8. The van der Waals surface area contributed by atoms with Crippen molar-refractivity contribution in [1.82, 2.24) is 9.80 Å². The number of ether oxygens (including phenoxy) is 4. The minimum Gasteiger partial charge on any atom is 0 e. The summed E-state index contributed by atoms with van der Waals surface area (Å²) in [7, 11) is 2.98. The van der Waals surface area contributed by atoms with Crippen LogP contribution in [-0.2, 0) is 84.4 Å². The van der Waals surface area contributed by atoms with Gasteiger partial charge in [-0.3, -0.25) is 33.8 Å². The molecule has 6 aliphatic rings. The number of allylic oxidation sites excluding steroid dienone is 1. The number of hydrogen-bond acceptors (Lipinski definition) is 19. The second-order valence-electron chi connectivity index (χ2n) is 38.6. The molecule has 6 aliphatic heterocycles. The van der Waals surface area contributed by atoms with Gasteiger partial charge < -0.3 is 24.7 Å². The van der Waals surface area contributed by atoms with Crippen LogP contribution in [0.15, 0.2) is 155 Å². The number of carbonyl (C=O) groups is 12. The van der Waals surface area contributed by atoms with Crippen molar-refractivity contribution in [3.05, 3.63) is 245 Å². The Balaban J connectivity index is 0.000000173. The third kappa shape index (κ3) is 21.1. The maximum absolute atomic E-state index is 13.1. The molecule has 146 heavy (non-hydrogen) atoms. The molecule has 0 aliphatic carbocycles. The van der Waals surface area contributed by atoms with Gasteiger partial charge in [-0.25, -0.2) is 33.6 Å². The zero-order valence-corrected chi connectivity index (χ0v) is 100. The number of esters is 8. The molecule has 29 heteroatoms. The topological polar surface area (TPSA) is 274 Å². The summed E-state index contributed by atoms with van der Waals surface area (Å²) < 4.78 is 24.3. The van der Waals surface area contributed by atoms with Gasteiger partial charge in [-0.1, -0.05) is 280 Å². The van der Waals surface area contributed by atoms with Gasteiger partial charge in [0.05, 0.1) is 38.9 Å². The molecule has 2 aromatic heterocycles. The van der Waals surface area contributed by atoms with Gasteiger partial charge in [-0.2, -0.15) is 0 Å². The summed E-state index contributed by atoms with van der Waals surface area (Å²) in [6.07, 6.45) is 24.4. The van der Waals surface area contributed by atoms with Crippen molar-refractivity contribution in [2.75, 3.05) is 20.6 Å². The fourth-order valence-electron chi connectivity index (χ4n) is 20.8. The van der Waals surface area contributed by atoms with E-state index in [1.165, 1.54) is 133 Å². The summed E-state index contributed by atoms with van der Waals surface area (Å²) in [5.41, 5.74) is 12.1. The van der Waals surface area contributed by atoms with Crippen LogP contribution in [0.25, 0.3) is 139 Å². The Hall–Kier alpha value is -8.13. The number of rotatable bonds is 20. The summed E-state index contributed by atoms with van der Waals surface area (Å²) in [5, 5.41) is 17.7. The number of hydrogen-bond donors (Lipinski definition) is 1. The second kappa shape index (κ2) is 48.2. The Morgan fingerprint density at radius 2 is 0.623 bits per heavy atom. The molecular formula is C117H117Br4N3O16S2Sn2Y2-2. The van der Waals surface area contributed by atoms with Crippen molar-refractivity contribution in [1.29, 1.82) is 0 Å².